The zero-order valence-electron chi connectivity index (χ0n) is 9.23. The summed E-state index contributed by atoms with van der Waals surface area (Å²) in [6, 6.07) is 4.13. The molecule has 1 aliphatic rings. The van der Waals surface area contributed by atoms with Crippen LogP contribution in [0, 0.1) is 3.57 Å². The van der Waals surface area contributed by atoms with Crippen LogP contribution in [0.25, 0.3) is 0 Å². The standard InChI is InChI=1S/C11H15IN2O2/c1-15-8-10-7-14(4-5-16-10)11-3-2-9(12)6-13-11/h2-3,6,10H,4-5,7-8H2,1H3. The zero-order valence-corrected chi connectivity index (χ0v) is 11.4. The molecule has 2 heterocycles. The maximum absolute atomic E-state index is 5.60. The van der Waals surface area contributed by atoms with Crippen molar-refractivity contribution in [2.75, 3.05) is 38.3 Å². The molecule has 0 aliphatic carbocycles. The molecule has 16 heavy (non-hydrogen) atoms. The van der Waals surface area contributed by atoms with E-state index < -0.39 is 0 Å². The van der Waals surface area contributed by atoms with Gasteiger partial charge in [-0.25, -0.2) is 4.98 Å². The fourth-order valence-corrected chi connectivity index (χ4v) is 2.09. The summed E-state index contributed by atoms with van der Waals surface area (Å²) in [6.45, 7) is 3.12. The minimum atomic E-state index is 0.153. The molecular weight excluding hydrogens is 319 g/mol. The maximum atomic E-state index is 5.60. The number of aromatic nitrogens is 1. The Kier molecular flexibility index (Phi) is 4.37. The van der Waals surface area contributed by atoms with Gasteiger partial charge in [0.1, 0.15) is 5.82 Å². The first-order valence-electron chi connectivity index (χ1n) is 5.26. The number of morpholine rings is 1. The van der Waals surface area contributed by atoms with Crippen LogP contribution in [0.15, 0.2) is 18.3 Å². The summed E-state index contributed by atoms with van der Waals surface area (Å²) < 4.78 is 11.9. The van der Waals surface area contributed by atoms with E-state index in [0.717, 1.165) is 29.1 Å². The fourth-order valence-electron chi connectivity index (χ4n) is 1.77. The van der Waals surface area contributed by atoms with Crippen molar-refractivity contribution in [1.29, 1.82) is 0 Å². The minimum Gasteiger partial charge on any atom is -0.382 e. The van der Waals surface area contributed by atoms with E-state index in [0.29, 0.717) is 6.61 Å². The number of hydrogen-bond donors (Lipinski definition) is 0. The van der Waals surface area contributed by atoms with Crippen molar-refractivity contribution in [2.45, 2.75) is 6.10 Å². The van der Waals surface area contributed by atoms with E-state index in [1.54, 1.807) is 7.11 Å². The van der Waals surface area contributed by atoms with Gasteiger partial charge in [0.15, 0.2) is 0 Å². The van der Waals surface area contributed by atoms with Gasteiger partial charge in [-0.1, -0.05) is 0 Å². The number of rotatable bonds is 3. The van der Waals surface area contributed by atoms with Gasteiger partial charge in [-0.15, -0.1) is 0 Å². The van der Waals surface area contributed by atoms with Crippen molar-refractivity contribution < 1.29 is 9.47 Å². The molecule has 1 aromatic heterocycles. The number of halogens is 1. The Balaban J connectivity index is 2.01. The van der Waals surface area contributed by atoms with Crippen LogP contribution in [0.1, 0.15) is 0 Å². The Bertz CT molecular complexity index is 329. The molecule has 1 aliphatic heterocycles. The van der Waals surface area contributed by atoms with Crippen LogP contribution in [0.4, 0.5) is 5.82 Å². The molecule has 2 rings (SSSR count). The van der Waals surface area contributed by atoms with Crippen LogP contribution in [-0.2, 0) is 9.47 Å². The summed E-state index contributed by atoms with van der Waals surface area (Å²) in [7, 11) is 1.70. The number of ether oxygens (including phenoxy) is 2. The maximum Gasteiger partial charge on any atom is 0.128 e. The van der Waals surface area contributed by atoms with Gasteiger partial charge in [-0.3, -0.25) is 0 Å². The normalized spacial score (nSPS) is 21.1. The summed E-state index contributed by atoms with van der Waals surface area (Å²) in [5, 5.41) is 0. The molecule has 1 fully saturated rings. The molecule has 4 nitrogen and oxygen atoms in total. The van der Waals surface area contributed by atoms with Crippen molar-refractivity contribution in [2.24, 2.45) is 0 Å². The summed E-state index contributed by atoms with van der Waals surface area (Å²) in [5.74, 6) is 1.02. The van der Waals surface area contributed by atoms with Crippen molar-refractivity contribution >= 4 is 28.4 Å². The molecule has 1 aromatic rings. The van der Waals surface area contributed by atoms with E-state index >= 15 is 0 Å². The third kappa shape index (κ3) is 3.05. The number of hydrogen-bond acceptors (Lipinski definition) is 4. The van der Waals surface area contributed by atoms with Crippen LogP contribution in [0.3, 0.4) is 0 Å². The Morgan fingerprint density at radius 3 is 3.19 bits per heavy atom. The van der Waals surface area contributed by atoms with Gasteiger partial charge in [0.05, 0.1) is 19.3 Å². The quantitative estimate of drug-likeness (QED) is 0.786. The summed E-state index contributed by atoms with van der Waals surface area (Å²) in [4.78, 5) is 6.66. The van der Waals surface area contributed by atoms with Crippen LogP contribution in [-0.4, -0.2) is 44.5 Å². The van der Waals surface area contributed by atoms with Gasteiger partial charge in [0, 0.05) is 30.0 Å². The van der Waals surface area contributed by atoms with E-state index in [1.165, 1.54) is 0 Å². The monoisotopic (exact) mass is 334 g/mol. The molecule has 0 bridgehead atoms. The average molecular weight is 334 g/mol. The first-order valence-corrected chi connectivity index (χ1v) is 6.34. The predicted octanol–water partition coefficient (Wildman–Crippen LogP) is 1.54. The molecule has 0 radical (unpaired) electrons. The molecule has 0 spiro atoms. The van der Waals surface area contributed by atoms with E-state index in [1.807, 2.05) is 6.20 Å². The summed E-state index contributed by atoms with van der Waals surface area (Å²) in [5.41, 5.74) is 0. The highest BCUT2D eigenvalue weighted by atomic mass is 127. The van der Waals surface area contributed by atoms with Crippen LogP contribution >= 0.6 is 22.6 Å². The van der Waals surface area contributed by atoms with Gasteiger partial charge < -0.3 is 14.4 Å². The van der Waals surface area contributed by atoms with Crippen molar-refractivity contribution in [3.05, 3.63) is 21.9 Å². The first-order chi connectivity index (χ1) is 7.79. The average Bonchev–Trinajstić information content (AvgIpc) is 2.31. The molecule has 88 valence electrons. The Morgan fingerprint density at radius 2 is 2.50 bits per heavy atom. The molecule has 0 N–H and O–H groups in total. The third-order valence-corrected chi connectivity index (χ3v) is 3.17. The van der Waals surface area contributed by atoms with Crippen molar-refractivity contribution in [3.63, 3.8) is 0 Å². The molecular formula is C11H15IN2O2. The molecule has 1 atom stereocenters. The number of pyridine rings is 1. The second-order valence-corrected chi connectivity index (χ2v) is 4.97. The largest absolute Gasteiger partial charge is 0.382 e. The number of methoxy groups -OCH3 is 1. The fraction of sp³-hybridized carbons (Fsp3) is 0.545. The highest BCUT2D eigenvalue weighted by Gasteiger charge is 2.21. The van der Waals surface area contributed by atoms with Crippen LogP contribution < -0.4 is 4.90 Å². The van der Waals surface area contributed by atoms with Crippen LogP contribution in [0.5, 0.6) is 0 Å². The van der Waals surface area contributed by atoms with Crippen LogP contribution in [0.2, 0.25) is 0 Å². The first kappa shape index (κ1) is 12.1. The second-order valence-electron chi connectivity index (χ2n) is 3.73. The third-order valence-electron chi connectivity index (χ3n) is 2.53. The highest BCUT2D eigenvalue weighted by Crippen LogP contribution is 2.16. The minimum absolute atomic E-state index is 0.153. The van der Waals surface area contributed by atoms with E-state index in [-0.39, 0.29) is 6.10 Å². The highest BCUT2D eigenvalue weighted by molar-refractivity contribution is 14.1. The van der Waals surface area contributed by atoms with Gasteiger partial charge in [-0.05, 0) is 34.7 Å². The zero-order chi connectivity index (χ0) is 11.4. The van der Waals surface area contributed by atoms with Gasteiger partial charge in [0.2, 0.25) is 0 Å². The van der Waals surface area contributed by atoms with Crippen molar-refractivity contribution in [1.82, 2.24) is 4.98 Å². The van der Waals surface area contributed by atoms with E-state index in [9.17, 15) is 0 Å². The summed E-state index contributed by atoms with van der Waals surface area (Å²) >= 11 is 2.26. The molecule has 0 aromatic carbocycles. The SMILES string of the molecule is COCC1CN(c2ccc(I)cn2)CCO1. The Labute approximate surface area is 109 Å². The van der Waals surface area contributed by atoms with Gasteiger partial charge in [-0.2, -0.15) is 0 Å². The van der Waals surface area contributed by atoms with E-state index in [4.69, 9.17) is 9.47 Å². The lowest BCUT2D eigenvalue weighted by Gasteiger charge is -2.33. The molecule has 1 saturated heterocycles. The Hall–Kier alpha value is -0.400. The predicted molar refractivity (Wildman–Crippen MR) is 70.8 cm³/mol. The molecule has 0 saturated carbocycles. The summed E-state index contributed by atoms with van der Waals surface area (Å²) in [6.07, 6.45) is 2.04. The second kappa shape index (κ2) is 5.79. The molecule has 1 unspecified atom stereocenters. The topological polar surface area (TPSA) is 34.6 Å². The molecule has 5 heteroatoms. The van der Waals surface area contributed by atoms with Gasteiger partial charge in [0.25, 0.3) is 0 Å². The number of anilines is 1. The Morgan fingerprint density at radius 1 is 1.62 bits per heavy atom. The van der Waals surface area contributed by atoms with Crippen molar-refractivity contribution in [3.8, 4) is 0 Å². The number of nitrogens with zero attached hydrogens (tertiary/aromatic N) is 2. The van der Waals surface area contributed by atoms with E-state index in [2.05, 4.69) is 44.6 Å². The molecule has 0 amide bonds. The van der Waals surface area contributed by atoms with Gasteiger partial charge >= 0.3 is 0 Å². The lowest BCUT2D eigenvalue weighted by atomic mass is 10.3. The smallest absolute Gasteiger partial charge is 0.128 e. The lowest BCUT2D eigenvalue weighted by molar-refractivity contribution is -0.0102. The lowest BCUT2D eigenvalue weighted by Crippen LogP contribution is -2.44.